The zero-order chi connectivity index (χ0) is 18.5. The highest BCUT2D eigenvalue weighted by Gasteiger charge is 2.66. The van der Waals surface area contributed by atoms with E-state index >= 15 is 0 Å². The zero-order valence-corrected chi connectivity index (χ0v) is 15.2. The molecule has 0 fully saturated rings. The number of para-hydroxylation sites is 3. The lowest BCUT2D eigenvalue weighted by Crippen LogP contribution is -2.23. The topological polar surface area (TPSA) is 82.1 Å². The van der Waals surface area contributed by atoms with Gasteiger partial charge in [0.15, 0.2) is 17.2 Å². The van der Waals surface area contributed by atoms with Gasteiger partial charge in [0.2, 0.25) is 0 Å². The highest BCUT2D eigenvalue weighted by atomic mass is 32.8. The first-order valence-corrected chi connectivity index (χ1v) is 11.2. The molecule has 0 atom stereocenters. The summed E-state index contributed by atoms with van der Waals surface area (Å²) in [4.78, 5) is 0. The van der Waals surface area contributed by atoms with Crippen LogP contribution in [0.2, 0.25) is 0 Å². The molecule has 26 heavy (non-hydrogen) atoms. The summed E-state index contributed by atoms with van der Waals surface area (Å²) >= 11 is 0. The molecule has 8 heteroatoms. The van der Waals surface area contributed by atoms with Gasteiger partial charge in [0.1, 0.15) is 0 Å². The van der Waals surface area contributed by atoms with Gasteiger partial charge in [-0.3, -0.25) is 13.6 Å². The molecule has 0 aromatic heterocycles. The summed E-state index contributed by atoms with van der Waals surface area (Å²) in [6.07, 6.45) is 0. The van der Waals surface area contributed by atoms with Crippen LogP contribution in [0.3, 0.4) is 0 Å². The van der Waals surface area contributed by atoms with Crippen LogP contribution < -0.4 is 13.6 Å². The van der Waals surface area contributed by atoms with Crippen LogP contribution in [-0.2, 0) is 9.74 Å². The maximum atomic E-state index is 12.3. The minimum absolute atomic E-state index is 0.185. The van der Waals surface area contributed by atoms with E-state index in [1.807, 2.05) is 0 Å². The van der Waals surface area contributed by atoms with Crippen LogP contribution in [0.4, 0.5) is 0 Å². The van der Waals surface area contributed by atoms with Crippen molar-refractivity contribution in [2.45, 2.75) is 0 Å². The summed E-state index contributed by atoms with van der Waals surface area (Å²) in [5.74, 6) is 0.556. The predicted octanol–water partition coefficient (Wildman–Crippen LogP) is 4.79. The Morgan fingerprint density at radius 2 is 0.846 bits per heavy atom. The smallest absolute Gasteiger partial charge is 0.258 e. The second-order valence-corrected chi connectivity index (χ2v) is 10.2. The molecule has 0 aliphatic rings. The minimum Gasteiger partial charge on any atom is -0.258 e. The fourth-order valence-electron chi connectivity index (χ4n) is 2.03. The Balaban J connectivity index is 2.07. The molecule has 0 amide bonds. The normalized spacial score (nSPS) is 11.6. The lowest BCUT2D eigenvalue weighted by molar-refractivity contribution is 0.362. The minimum atomic E-state index is -4.88. The average molecular weight is 391 g/mol. The first-order chi connectivity index (χ1) is 12.5. The van der Waals surface area contributed by atoms with E-state index in [0.717, 1.165) is 0 Å². The Bertz CT molecular complexity index is 832. The van der Waals surface area contributed by atoms with Gasteiger partial charge in [-0.1, -0.05) is 54.6 Å². The predicted molar refractivity (Wildman–Crippen MR) is 99.7 cm³/mol. The van der Waals surface area contributed by atoms with E-state index < -0.39 is 16.9 Å². The summed E-state index contributed by atoms with van der Waals surface area (Å²) in [6, 6.07) is 24.5. The van der Waals surface area contributed by atoms with Gasteiger partial charge in [0.25, 0.3) is 0 Å². The second kappa shape index (κ2) is 7.74. The van der Waals surface area contributed by atoms with Gasteiger partial charge in [-0.05, 0) is 36.4 Å². The molecule has 6 nitrogen and oxygen atoms in total. The van der Waals surface area contributed by atoms with Crippen molar-refractivity contribution in [2.75, 3.05) is 0 Å². The van der Waals surface area contributed by atoms with Crippen molar-refractivity contribution in [3.63, 3.8) is 0 Å². The van der Waals surface area contributed by atoms with Gasteiger partial charge < -0.3 is 0 Å². The molecular formula is C18H16O6PS+. The van der Waals surface area contributed by atoms with Gasteiger partial charge in [-0.15, -0.1) is 0 Å². The molecule has 134 valence electrons. The standard InChI is InChI=1S/C18H15O6PS/c19-26(20,21)25(22-16-10-4-1-5-11-16,23-17-12-6-2-7-13-17)24-18-14-8-3-9-15-18/h1-15H/p+1. The van der Waals surface area contributed by atoms with E-state index in [-0.39, 0.29) is 17.2 Å². The SMILES string of the molecule is O=S(=O)(O)[P+](Oc1ccccc1)(Oc1ccccc1)Oc1ccccc1. The first-order valence-electron chi connectivity index (χ1n) is 7.59. The fraction of sp³-hybridized carbons (Fsp3) is 0. The molecule has 3 aromatic rings. The van der Waals surface area contributed by atoms with Gasteiger partial charge >= 0.3 is 16.9 Å². The van der Waals surface area contributed by atoms with E-state index in [4.69, 9.17) is 13.6 Å². The van der Waals surface area contributed by atoms with Crippen molar-refractivity contribution in [1.29, 1.82) is 0 Å². The number of rotatable bonds is 7. The summed E-state index contributed by atoms with van der Waals surface area (Å²) in [7, 11) is -9.19. The Labute approximate surface area is 152 Å². The molecular weight excluding hydrogens is 375 g/mol. The Kier molecular flexibility index (Phi) is 5.42. The number of hydrogen-bond donors (Lipinski definition) is 1. The van der Waals surface area contributed by atoms with Crippen LogP contribution in [-0.4, -0.2) is 13.0 Å². The molecule has 0 saturated carbocycles. The lowest BCUT2D eigenvalue weighted by atomic mass is 10.3. The van der Waals surface area contributed by atoms with E-state index in [0.29, 0.717) is 0 Å². The molecule has 0 bridgehead atoms. The molecule has 0 aliphatic carbocycles. The van der Waals surface area contributed by atoms with Crippen LogP contribution in [0.5, 0.6) is 17.2 Å². The van der Waals surface area contributed by atoms with Crippen molar-refractivity contribution in [2.24, 2.45) is 0 Å². The third-order valence-corrected chi connectivity index (χ3v) is 7.40. The molecule has 0 unspecified atom stereocenters. The molecule has 1 N–H and O–H groups in total. The lowest BCUT2D eigenvalue weighted by Gasteiger charge is -2.19. The fourth-order valence-corrected chi connectivity index (χ4v) is 5.18. The van der Waals surface area contributed by atoms with Crippen LogP contribution in [0.1, 0.15) is 0 Å². The van der Waals surface area contributed by atoms with Crippen LogP contribution in [0, 0.1) is 0 Å². The highest BCUT2D eigenvalue weighted by molar-refractivity contribution is 8.50. The summed E-state index contributed by atoms with van der Waals surface area (Å²) < 4.78 is 51.4. The Morgan fingerprint density at radius 1 is 0.577 bits per heavy atom. The number of hydrogen-bond acceptors (Lipinski definition) is 5. The molecule has 0 spiro atoms. The maximum absolute atomic E-state index is 12.3. The van der Waals surface area contributed by atoms with E-state index in [1.54, 1.807) is 91.0 Å². The van der Waals surface area contributed by atoms with Gasteiger partial charge in [0, 0.05) is 0 Å². The third kappa shape index (κ3) is 4.32. The quantitative estimate of drug-likeness (QED) is 0.461. The average Bonchev–Trinajstić information content (AvgIpc) is 2.63. The third-order valence-electron chi connectivity index (χ3n) is 3.16. The van der Waals surface area contributed by atoms with Crippen molar-refractivity contribution < 1.29 is 26.5 Å². The monoisotopic (exact) mass is 391 g/mol. The summed E-state index contributed by atoms with van der Waals surface area (Å²) in [5, 5.41) is 0. The van der Waals surface area contributed by atoms with Crippen LogP contribution in [0.25, 0.3) is 0 Å². The van der Waals surface area contributed by atoms with E-state index in [9.17, 15) is 13.0 Å². The number of benzene rings is 3. The zero-order valence-electron chi connectivity index (χ0n) is 13.5. The summed E-state index contributed by atoms with van der Waals surface area (Å²) in [6.45, 7) is 0. The second-order valence-electron chi connectivity index (χ2n) is 5.11. The highest BCUT2D eigenvalue weighted by Crippen LogP contribution is 2.64. The molecule has 0 heterocycles. The van der Waals surface area contributed by atoms with Crippen LogP contribution in [0.15, 0.2) is 91.0 Å². The molecule has 0 radical (unpaired) electrons. The summed E-state index contributed by atoms with van der Waals surface area (Å²) in [5.41, 5.74) is 0. The molecule has 3 aromatic carbocycles. The largest absolute Gasteiger partial charge is 0.698 e. The van der Waals surface area contributed by atoms with E-state index in [1.165, 1.54) is 0 Å². The van der Waals surface area contributed by atoms with Crippen molar-refractivity contribution >= 4 is 16.9 Å². The Hall–Kier alpha value is -2.60. The van der Waals surface area contributed by atoms with Crippen LogP contribution >= 0.6 is 7.15 Å². The molecule has 3 rings (SSSR count). The van der Waals surface area contributed by atoms with Crippen molar-refractivity contribution in [3.05, 3.63) is 91.0 Å². The van der Waals surface area contributed by atoms with Crippen molar-refractivity contribution in [3.8, 4) is 17.2 Å². The van der Waals surface area contributed by atoms with Crippen molar-refractivity contribution in [1.82, 2.24) is 0 Å². The maximum Gasteiger partial charge on any atom is 0.698 e. The molecule has 0 saturated heterocycles. The first kappa shape index (κ1) is 18.2. The van der Waals surface area contributed by atoms with Gasteiger partial charge in [0.05, 0.1) is 0 Å². The Morgan fingerprint density at radius 3 is 1.08 bits per heavy atom. The van der Waals surface area contributed by atoms with Gasteiger partial charge in [-0.25, -0.2) is 4.55 Å². The van der Waals surface area contributed by atoms with Gasteiger partial charge in [-0.2, -0.15) is 8.42 Å². The van der Waals surface area contributed by atoms with E-state index in [2.05, 4.69) is 0 Å². The molecule has 0 aliphatic heterocycles.